The van der Waals surface area contributed by atoms with Crippen molar-refractivity contribution in [3.8, 4) is 5.69 Å². The molecule has 1 amide bonds. The molecule has 0 spiro atoms. The number of benzene rings is 1. The summed E-state index contributed by atoms with van der Waals surface area (Å²) in [4.78, 5) is 23.1. The molecule has 0 radical (unpaired) electrons. The molecule has 1 aliphatic heterocycles. The number of nitrogens with zero attached hydrogens (tertiary/aromatic N) is 5. The number of fused-ring (bicyclic) bond motifs is 1. The average Bonchev–Trinajstić information content (AvgIpc) is 2.93. The molecular weight excluding hydrogens is 340 g/mol. The van der Waals surface area contributed by atoms with E-state index in [1.165, 1.54) is 12.8 Å². The maximum atomic E-state index is 11.4. The van der Waals surface area contributed by atoms with Gasteiger partial charge >= 0.3 is 0 Å². The van der Waals surface area contributed by atoms with Gasteiger partial charge in [-0.15, -0.1) is 0 Å². The lowest BCUT2D eigenvalue weighted by molar-refractivity contribution is -0.117. The van der Waals surface area contributed by atoms with Crippen molar-refractivity contribution in [3.05, 3.63) is 48.2 Å². The molecule has 1 atom stereocenters. The number of carbonyl (C=O) groups is 1. The first kappa shape index (κ1) is 17.6. The monoisotopic (exact) mass is 364 g/mol. The number of aromatic nitrogens is 4. The number of hydrogen-bond donors (Lipinski definition) is 1. The van der Waals surface area contributed by atoms with E-state index < -0.39 is 5.91 Å². The van der Waals surface area contributed by atoms with Crippen molar-refractivity contribution in [1.82, 2.24) is 24.6 Å². The number of primary amides is 1. The van der Waals surface area contributed by atoms with Crippen LogP contribution in [0.2, 0.25) is 0 Å². The molecule has 140 valence electrons. The number of rotatable bonds is 4. The zero-order chi connectivity index (χ0) is 18.8. The maximum Gasteiger partial charge on any atom is 0.225 e. The van der Waals surface area contributed by atoms with Crippen molar-refractivity contribution in [2.45, 2.75) is 38.1 Å². The zero-order valence-electron chi connectivity index (χ0n) is 15.5. The Morgan fingerprint density at radius 2 is 2.07 bits per heavy atom. The molecular formula is C20H24N6O. The molecule has 0 aliphatic carbocycles. The second-order valence-corrected chi connectivity index (χ2v) is 7.14. The molecule has 3 aromatic rings. The molecule has 0 saturated carbocycles. The lowest BCUT2D eigenvalue weighted by atomic mass is 10.1. The molecule has 4 rings (SSSR count). The maximum absolute atomic E-state index is 11.4. The highest BCUT2D eigenvalue weighted by Crippen LogP contribution is 2.30. The Hall–Kier alpha value is -2.80. The summed E-state index contributed by atoms with van der Waals surface area (Å²) in [5.74, 6) is 0.890. The Labute approximate surface area is 158 Å². The van der Waals surface area contributed by atoms with Gasteiger partial charge in [0.2, 0.25) is 5.91 Å². The van der Waals surface area contributed by atoms with Crippen molar-refractivity contribution in [2.24, 2.45) is 5.73 Å². The summed E-state index contributed by atoms with van der Waals surface area (Å²) in [6, 6.07) is 10.1. The van der Waals surface area contributed by atoms with Gasteiger partial charge in [-0.25, -0.2) is 9.67 Å². The van der Waals surface area contributed by atoms with Gasteiger partial charge in [0.05, 0.1) is 23.7 Å². The van der Waals surface area contributed by atoms with Crippen LogP contribution < -0.4 is 5.73 Å². The second kappa shape index (κ2) is 7.44. The molecule has 0 bridgehead atoms. The number of hydrogen-bond acceptors (Lipinski definition) is 5. The molecule has 27 heavy (non-hydrogen) atoms. The molecule has 1 fully saturated rings. The van der Waals surface area contributed by atoms with Gasteiger partial charge in [0.25, 0.3) is 0 Å². The summed E-state index contributed by atoms with van der Waals surface area (Å²) in [5, 5.41) is 5.69. The molecule has 2 aromatic heterocycles. The lowest BCUT2D eigenvalue weighted by Gasteiger charge is -2.25. The smallest absolute Gasteiger partial charge is 0.225 e. The van der Waals surface area contributed by atoms with Crippen molar-refractivity contribution in [2.75, 3.05) is 13.6 Å². The van der Waals surface area contributed by atoms with E-state index in [9.17, 15) is 4.79 Å². The van der Waals surface area contributed by atoms with Crippen LogP contribution in [0.1, 0.15) is 43.4 Å². The summed E-state index contributed by atoms with van der Waals surface area (Å²) in [5.41, 5.74) is 7.14. The van der Waals surface area contributed by atoms with E-state index >= 15 is 0 Å². The number of carbonyl (C=O) groups excluding carboxylic acids is 1. The lowest BCUT2D eigenvalue weighted by Crippen LogP contribution is -2.26. The van der Waals surface area contributed by atoms with Crippen molar-refractivity contribution >= 4 is 16.8 Å². The first-order chi connectivity index (χ1) is 13.1. The number of likely N-dealkylation sites (tertiary alicyclic amines) is 1. The Morgan fingerprint density at radius 3 is 2.93 bits per heavy atom. The van der Waals surface area contributed by atoms with Crippen LogP contribution >= 0.6 is 0 Å². The second-order valence-electron chi connectivity index (χ2n) is 7.14. The fraction of sp³-hybridized carbons (Fsp3) is 0.400. The molecule has 1 saturated heterocycles. The zero-order valence-corrected chi connectivity index (χ0v) is 15.5. The third kappa shape index (κ3) is 3.55. The van der Waals surface area contributed by atoms with E-state index in [0.29, 0.717) is 5.82 Å². The summed E-state index contributed by atoms with van der Waals surface area (Å²) in [7, 11) is 2.13. The van der Waals surface area contributed by atoms with E-state index in [-0.39, 0.29) is 12.5 Å². The van der Waals surface area contributed by atoms with Crippen LogP contribution in [0.5, 0.6) is 0 Å². The molecule has 3 heterocycles. The minimum atomic E-state index is -0.427. The Balaban J connectivity index is 1.87. The van der Waals surface area contributed by atoms with Gasteiger partial charge in [-0.2, -0.15) is 5.10 Å². The fourth-order valence-electron chi connectivity index (χ4n) is 3.83. The van der Waals surface area contributed by atoms with Crippen LogP contribution in [-0.2, 0) is 11.2 Å². The number of para-hydroxylation sites is 1. The van der Waals surface area contributed by atoms with Crippen molar-refractivity contribution < 1.29 is 4.79 Å². The summed E-state index contributed by atoms with van der Waals surface area (Å²) in [6.07, 6.45) is 6.40. The predicted octanol–water partition coefficient (Wildman–Crippen LogP) is 2.39. The first-order valence-corrected chi connectivity index (χ1v) is 9.42. The third-order valence-corrected chi connectivity index (χ3v) is 5.17. The molecule has 1 unspecified atom stereocenters. The van der Waals surface area contributed by atoms with Crippen LogP contribution in [0.4, 0.5) is 0 Å². The van der Waals surface area contributed by atoms with Gasteiger partial charge in [0, 0.05) is 11.6 Å². The van der Waals surface area contributed by atoms with Crippen LogP contribution in [0, 0.1) is 0 Å². The molecule has 1 aromatic carbocycles. The number of amides is 1. The summed E-state index contributed by atoms with van der Waals surface area (Å²) < 4.78 is 1.86. The molecule has 7 nitrogen and oxygen atoms in total. The van der Waals surface area contributed by atoms with Gasteiger partial charge in [-0.3, -0.25) is 14.7 Å². The van der Waals surface area contributed by atoms with E-state index in [1.807, 2.05) is 35.0 Å². The van der Waals surface area contributed by atoms with E-state index in [4.69, 9.17) is 10.7 Å². The van der Waals surface area contributed by atoms with Crippen LogP contribution in [0.15, 0.2) is 36.5 Å². The highest BCUT2D eigenvalue weighted by atomic mass is 16.1. The van der Waals surface area contributed by atoms with E-state index in [0.717, 1.165) is 41.8 Å². The summed E-state index contributed by atoms with van der Waals surface area (Å²) >= 11 is 0. The van der Waals surface area contributed by atoms with Crippen LogP contribution in [0.3, 0.4) is 0 Å². The number of pyridine rings is 1. The van der Waals surface area contributed by atoms with Gasteiger partial charge in [0.15, 0.2) is 5.82 Å². The molecule has 1 aliphatic rings. The van der Waals surface area contributed by atoms with Crippen molar-refractivity contribution in [1.29, 1.82) is 0 Å². The van der Waals surface area contributed by atoms with Gasteiger partial charge in [-0.1, -0.05) is 31.0 Å². The average molecular weight is 364 g/mol. The number of nitrogens with two attached hydrogens (primary N) is 1. The molecule has 7 heteroatoms. The van der Waals surface area contributed by atoms with Crippen molar-refractivity contribution in [3.63, 3.8) is 0 Å². The summed E-state index contributed by atoms with van der Waals surface area (Å²) in [6.45, 7) is 1.02. The Morgan fingerprint density at radius 1 is 1.22 bits per heavy atom. The Kier molecular flexibility index (Phi) is 4.85. The quantitative estimate of drug-likeness (QED) is 0.768. The molecule has 2 N–H and O–H groups in total. The van der Waals surface area contributed by atoms with Crippen LogP contribution in [-0.4, -0.2) is 44.1 Å². The first-order valence-electron chi connectivity index (χ1n) is 9.42. The fourth-order valence-corrected chi connectivity index (χ4v) is 3.83. The SMILES string of the molecule is CN1CCCCCC1c1nc(CC(N)=O)nn1-c1cccc2cccnc12. The highest BCUT2D eigenvalue weighted by molar-refractivity contribution is 5.86. The van der Waals surface area contributed by atoms with E-state index in [1.54, 1.807) is 6.20 Å². The standard InChI is InChI=1S/C20H24N6O/c1-25-12-4-2-3-9-16(25)20-23-18(13-17(21)27)24-26(20)15-10-5-7-14-8-6-11-22-19(14)15/h5-8,10-11,16H,2-4,9,12-13H2,1H3,(H2,21,27). The minimum Gasteiger partial charge on any atom is -0.369 e. The predicted molar refractivity (Wildman–Crippen MR) is 103 cm³/mol. The third-order valence-electron chi connectivity index (χ3n) is 5.17. The highest BCUT2D eigenvalue weighted by Gasteiger charge is 2.27. The van der Waals surface area contributed by atoms with E-state index in [2.05, 4.69) is 22.0 Å². The van der Waals surface area contributed by atoms with Crippen LogP contribution in [0.25, 0.3) is 16.6 Å². The normalized spacial score (nSPS) is 18.5. The van der Waals surface area contributed by atoms with Gasteiger partial charge in [-0.05, 0) is 38.6 Å². The largest absolute Gasteiger partial charge is 0.369 e. The van der Waals surface area contributed by atoms with Gasteiger partial charge in [0.1, 0.15) is 5.82 Å². The minimum absolute atomic E-state index is 0.0363. The topological polar surface area (TPSA) is 89.9 Å². The van der Waals surface area contributed by atoms with Gasteiger partial charge < -0.3 is 5.73 Å². The Bertz CT molecular complexity index is 961.